The average molecular weight is 1120 g/mol. The Bertz CT molecular complexity index is 2790. The molecule has 4 saturated heterocycles. The topological polar surface area (TPSA) is 246 Å². The molecule has 4 heterocycles. The predicted molar refractivity (Wildman–Crippen MR) is 311 cm³/mol. The molecule has 0 bridgehead atoms. The van der Waals surface area contributed by atoms with Crippen LogP contribution in [0, 0.1) is 0 Å². The Kier molecular flexibility index (Phi) is 18.9. The maximum absolute atomic E-state index is 14.8. The molecular weight excluding hydrogens is 1040 g/mol. The molecule has 20 heteroatoms. The fraction of sp³-hybridized carbons (Fsp3) is 0.387. The van der Waals surface area contributed by atoms with Gasteiger partial charge in [0.1, 0.15) is 24.2 Å². The van der Waals surface area contributed by atoms with Gasteiger partial charge in [-0.2, -0.15) is 0 Å². The summed E-state index contributed by atoms with van der Waals surface area (Å²) in [7, 11) is 3.25. The Morgan fingerprint density at radius 2 is 0.793 bits per heavy atom. The number of rotatable bonds is 16. The number of urea groups is 2. The molecule has 0 aromatic heterocycles. The molecule has 8 atom stereocenters. The minimum atomic E-state index is -1.19. The molecule has 0 spiro atoms. The second-order valence-corrected chi connectivity index (χ2v) is 21.6. The third-order valence-corrected chi connectivity index (χ3v) is 16.3. The van der Waals surface area contributed by atoms with Crippen molar-refractivity contribution in [1.29, 1.82) is 0 Å². The molecule has 20 nitrogen and oxygen atoms in total. The molecule has 5 aromatic rings. The number of nitrogens with zero attached hydrogens (tertiary/aromatic N) is 4. The molecule has 4 aliphatic heterocycles. The summed E-state index contributed by atoms with van der Waals surface area (Å²) < 4.78 is 0. The van der Waals surface area contributed by atoms with Gasteiger partial charge in [0.2, 0.25) is 35.4 Å². The molecule has 0 saturated carbocycles. The number of benzene rings is 5. The number of hydrogen-bond donors (Lipinski definition) is 8. The summed E-state index contributed by atoms with van der Waals surface area (Å²) in [6.07, 6.45) is 2.53. The van der Waals surface area contributed by atoms with Gasteiger partial charge in [-0.15, -0.1) is 0 Å². The van der Waals surface area contributed by atoms with Crippen LogP contribution in [0.5, 0.6) is 0 Å². The Morgan fingerprint density at radius 3 is 1.12 bits per heavy atom. The van der Waals surface area contributed by atoms with Crippen LogP contribution in [0.4, 0.5) is 21.0 Å². The number of hydrogen-bond acceptors (Lipinski definition) is 10. The predicted octanol–water partition coefficient (Wildman–Crippen LogP) is 4.88. The van der Waals surface area contributed by atoms with Crippen molar-refractivity contribution >= 4 is 58.9 Å². The summed E-state index contributed by atoms with van der Waals surface area (Å²) in [6, 6.07) is 36.8. The monoisotopic (exact) mass is 1110 g/mol. The van der Waals surface area contributed by atoms with Crippen LogP contribution in [-0.2, 0) is 28.8 Å². The lowest BCUT2D eigenvalue weighted by Gasteiger charge is -2.39. The van der Waals surface area contributed by atoms with Crippen molar-refractivity contribution in [3.63, 3.8) is 0 Å². The van der Waals surface area contributed by atoms with Gasteiger partial charge in [-0.3, -0.25) is 28.8 Å². The lowest BCUT2D eigenvalue weighted by Crippen LogP contribution is -2.62. The van der Waals surface area contributed by atoms with E-state index >= 15 is 0 Å². The average Bonchev–Trinajstić information content (AvgIpc) is 4.06. The first-order valence-corrected chi connectivity index (χ1v) is 28.3. The van der Waals surface area contributed by atoms with Crippen molar-refractivity contribution < 1.29 is 38.4 Å². The van der Waals surface area contributed by atoms with Crippen LogP contribution in [0.25, 0.3) is 0 Å². The number of amides is 10. The van der Waals surface area contributed by atoms with E-state index in [0.29, 0.717) is 49.9 Å². The van der Waals surface area contributed by atoms with Gasteiger partial charge in [-0.05, 0) is 107 Å². The van der Waals surface area contributed by atoms with E-state index in [2.05, 4.69) is 42.5 Å². The fourth-order valence-electron chi connectivity index (χ4n) is 11.6. The van der Waals surface area contributed by atoms with Crippen LogP contribution in [-0.4, -0.2) is 156 Å². The van der Waals surface area contributed by atoms with E-state index in [-0.39, 0.29) is 38.0 Å². The summed E-state index contributed by atoms with van der Waals surface area (Å²) in [5.74, 6) is -2.48. The molecule has 8 N–H and O–H groups in total. The number of anilines is 2. The summed E-state index contributed by atoms with van der Waals surface area (Å²) in [6.45, 7) is 3.32. The van der Waals surface area contributed by atoms with Gasteiger partial charge in [-0.1, -0.05) is 127 Å². The van der Waals surface area contributed by atoms with Gasteiger partial charge in [-0.25, -0.2) is 9.59 Å². The van der Waals surface area contributed by atoms with E-state index in [1.165, 1.54) is 9.80 Å². The normalized spacial score (nSPS) is 21.6. The van der Waals surface area contributed by atoms with Gasteiger partial charge in [0.25, 0.3) is 0 Å². The standard InChI is InChI=1S/C62H74N12O8/c1-39(63-3)55(75)67-49-37-71(34-32-47-28-30-51(73(47)59(49)79)57(77)69-53(41-18-9-5-10-19-41)42-20-11-6-12-21-42)61(81)65-45-26-17-27-46(36-45)66-62(82)72-35-33-48-29-31-52(74(48)60(80)50(38-72)68-56(76)40(2)64-4)58(78)70-54(43-22-13-7-14-23-43)44-24-15-8-16-25-44/h5-27,36,39-40,47-54,63-64H,28-35,37-38H2,1-4H3,(H,65,81)(H,66,82)(H,67,75)(H,68,76)(H,69,77)(H,70,78). The van der Waals surface area contributed by atoms with E-state index < -0.39 is 96.1 Å². The van der Waals surface area contributed by atoms with Crippen molar-refractivity contribution in [2.24, 2.45) is 0 Å². The lowest BCUT2D eigenvalue weighted by molar-refractivity contribution is -0.144. The van der Waals surface area contributed by atoms with E-state index in [9.17, 15) is 38.4 Å². The molecule has 4 aliphatic rings. The highest BCUT2D eigenvalue weighted by Gasteiger charge is 2.48. The molecule has 8 unspecified atom stereocenters. The second-order valence-electron chi connectivity index (χ2n) is 21.6. The maximum Gasteiger partial charge on any atom is 0.321 e. The number of carbonyl (C=O) groups excluding carboxylic acids is 8. The first-order valence-electron chi connectivity index (χ1n) is 28.3. The smallest absolute Gasteiger partial charge is 0.321 e. The summed E-state index contributed by atoms with van der Waals surface area (Å²) in [5.41, 5.74) is 4.18. The Hall–Kier alpha value is -8.62. The number of likely N-dealkylation sites (N-methyl/N-ethyl adjacent to an activating group) is 2. The van der Waals surface area contributed by atoms with E-state index in [1.54, 1.807) is 62.0 Å². The van der Waals surface area contributed by atoms with Gasteiger partial charge >= 0.3 is 12.1 Å². The van der Waals surface area contributed by atoms with Gasteiger partial charge in [0, 0.05) is 36.5 Å². The number of nitrogens with one attached hydrogen (secondary N) is 8. The highest BCUT2D eigenvalue weighted by Crippen LogP contribution is 2.34. The Balaban J connectivity index is 0.877. The lowest BCUT2D eigenvalue weighted by atomic mass is 9.98. The molecule has 0 aliphatic carbocycles. The summed E-state index contributed by atoms with van der Waals surface area (Å²) >= 11 is 0. The second kappa shape index (κ2) is 26.8. The molecule has 82 heavy (non-hydrogen) atoms. The highest BCUT2D eigenvalue weighted by atomic mass is 16.2. The quantitative estimate of drug-likeness (QED) is 0.0666. The third kappa shape index (κ3) is 13.6. The third-order valence-electron chi connectivity index (χ3n) is 16.3. The van der Waals surface area contributed by atoms with Crippen molar-refractivity contribution in [3.05, 3.63) is 168 Å². The van der Waals surface area contributed by atoms with Gasteiger partial charge in [0.05, 0.1) is 37.3 Å². The molecule has 9 rings (SSSR count). The van der Waals surface area contributed by atoms with Crippen molar-refractivity contribution in [1.82, 2.24) is 51.5 Å². The molecular formula is C62H74N12O8. The SMILES string of the molecule is CNC(C)C(=O)NC1CN(C(=O)Nc2cccc(NC(=O)N3CCC4CCC(C(=O)NC(c5ccccc5)c5ccccc5)N4C(=O)C(NC(=O)C(C)NC)C3)c2)CCC2CCC(C(=O)NC(c3ccccc3)c3ccccc3)N2C1=O. The van der Waals surface area contributed by atoms with E-state index in [0.717, 1.165) is 22.3 Å². The van der Waals surface area contributed by atoms with E-state index in [4.69, 9.17) is 0 Å². The molecule has 4 fully saturated rings. The molecule has 5 aromatic carbocycles. The van der Waals surface area contributed by atoms with Crippen LogP contribution >= 0.6 is 0 Å². The van der Waals surface area contributed by atoms with Crippen LogP contribution in [0.1, 0.15) is 86.7 Å². The van der Waals surface area contributed by atoms with Gasteiger partial charge < -0.3 is 62.1 Å². The number of fused-ring (bicyclic) bond motifs is 2. The van der Waals surface area contributed by atoms with Crippen molar-refractivity contribution in [2.45, 2.75) is 113 Å². The van der Waals surface area contributed by atoms with Crippen molar-refractivity contribution in [2.75, 3.05) is 50.9 Å². The first kappa shape index (κ1) is 58.0. The maximum atomic E-state index is 14.8. The fourth-order valence-corrected chi connectivity index (χ4v) is 11.6. The molecule has 430 valence electrons. The zero-order valence-electron chi connectivity index (χ0n) is 46.8. The summed E-state index contributed by atoms with van der Waals surface area (Å²) in [4.78, 5) is 120. The van der Waals surface area contributed by atoms with E-state index in [1.807, 2.05) is 121 Å². The Labute approximate surface area is 478 Å². The van der Waals surface area contributed by atoms with Crippen LogP contribution in [0.3, 0.4) is 0 Å². The largest absolute Gasteiger partial charge is 0.343 e. The zero-order chi connectivity index (χ0) is 57.9. The Morgan fingerprint density at radius 1 is 0.451 bits per heavy atom. The van der Waals surface area contributed by atoms with Crippen LogP contribution < -0.4 is 42.5 Å². The van der Waals surface area contributed by atoms with Crippen LogP contribution in [0.2, 0.25) is 0 Å². The first-order chi connectivity index (χ1) is 39.7. The zero-order valence-corrected chi connectivity index (χ0v) is 46.8. The van der Waals surface area contributed by atoms with Gasteiger partial charge in [0.15, 0.2) is 0 Å². The minimum absolute atomic E-state index is 0.193. The molecule has 0 radical (unpaired) electrons. The molecule has 10 amide bonds. The minimum Gasteiger partial charge on any atom is -0.343 e. The van der Waals surface area contributed by atoms with Crippen molar-refractivity contribution in [3.8, 4) is 0 Å². The summed E-state index contributed by atoms with van der Waals surface area (Å²) in [5, 5.41) is 23.8. The number of carbonyl (C=O) groups is 8. The van der Waals surface area contributed by atoms with Crippen LogP contribution in [0.15, 0.2) is 146 Å². The highest BCUT2D eigenvalue weighted by molar-refractivity contribution is 5.98.